The summed E-state index contributed by atoms with van der Waals surface area (Å²) in [6.45, 7) is 0. The van der Waals surface area contributed by atoms with E-state index in [1.54, 1.807) is 6.20 Å². The van der Waals surface area contributed by atoms with Crippen LogP contribution in [0.2, 0.25) is 0 Å². The number of imidazole rings is 1. The highest BCUT2D eigenvalue weighted by Gasteiger charge is 2.30. The molecule has 1 fully saturated rings. The Morgan fingerprint density at radius 1 is 1.43 bits per heavy atom. The fourth-order valence-corrected chi connectivity index (χ4v) is 1.64. The van der Waals surface area contributed by atoms with Crippen molar-refractivity contribution in [3.63, 3.8) is 0 Å². The lowest BCUT2D eigenvalue weighted by Gasteiger charge is -1.99. The van der Waals surface area contributed by atoms with Crippen LogP contribution in [0.5, 0.6) is 0 Å². The van der Waals surface area contributed by atoms with Gasteiger partial charge in [0.05, 0.1) is 0 Å². The molecule has 0 spiro atoms. The van der Waals surface area contributed by atoms with Crippen LogP contribution >= 0.6 is 0 Å². The quantitative estimate of drug-likeness (QED) is 0.671. The van der Waals surface area contributed by atoms with Crippen LogP contribution in [0.15, 0.2) is 30.7 Å². The number of hydrogen-bond donors (Lipinski definition) is 0. The van der Waals surface area contributed by atoms with E-state index in [4.69, 9.17) is 0 Å². The summed E-state index contributed by atoms with van der Waals surface area (Å²) in [4.78, 5) is 15.9. The Bertz CT molecular complexity index is 497. The second-order valence-corrected chi connectivity index (χ2v) is 3.75. The third kappa shape index (κ3) is 1.13. The molecule has 0 unspecified atom stereocenters. The average Bonchev–Trinajstić information content (AvgIpc) is 2.95. The van der Waals surface area contributed by atoms with Gasteiger partial charge in [0, 0.05) is 30.1 Å². The van der Waals surface area contributed by atoms with Gasteiger partial charge >= 0.3 is 0 Å². The molecule has 1 aliphatic rings. The van der Waals surface area contributed by atoms with Crippen molar-refractivity contribution in [3.8, 4) is 0 Å². The van der Waals surface area contributed by atoms with Gasteiger partial charge in [-0.15, -0.1) is 0 Å². The first-order chi connectivity index (χ1) is 6.84. The molecule has 70 valence electrons. The minimum Gasteiger partial charge on any atom is -0.307 e. The minimum atomic E-state index is 0.274. The van der Waals surface area contributed by atoms with Crippen molar-refractivity contribution < 1.29 is 4.79 Å². The molecule has 0 amide bonds. The maximum absolute atomic E-state index is 11.7. The van der Waals surface area contributed by atoms with Gasteiger partial charge < -0.3 is 4.40 Å². The minimum absolute atomic E-state index is 0.274. The van der Waals surface area contributed by atoms with Gasteiger partial charge in [-0.3, -0.25) is 4.79 Å². The lowest BCUT2D eigenvalue weighted by atomic mass is 10.1. The number of pyridine rings is 1. The van der Waals surface area contributed by atoms with Crippen LogP contribution in [0.1, 0.15) is 23.2 Å². The Hall–Kier alpha value is -1.64. The maximum Gasteiger partial charge on any atom is 0.166 e. The molecule has 0 radical (unpaired) electrons. The zero-order chi connectivity index (χ0) is 9.54. The van der Waals surface area contributed by atoms with Crippen LogP contribution in [0.25, 0.3) is 5.65 Å². The number of ketones is 1. The number of fused-ring (bicyclic) bond motifs is 1. The standard InChI is InChI=1S/C11H10N2O/c14-11(8-1-2-8)9-3-5-13-6-4-12-10(13)7-9/h3-8H,1-2H2. The summed E-state index contributed by atoms with van der Waals surface area (Å²) in [5, 5.41) is 0. The number of hydrogen-bond acceptors (Lipinski definition) is 2. The third-order valence-corrected chi connectivity index (χ3v) is 2.63. The van der Waals surface area contributed by atoms with E-state index in [1.807, 2.05) is 28.9 Å². The monoisotopic (exact) mass is 186 g/mol. The van der Waals surface area contributed by atoms with E-state index in [-0.39, 0.29) is 11.7 Å². The second kappa shape index (κ2) is 2.67. The van der Waals surface area contributed by atoms with Gasteiger partial charge in [-0.2, -0.15) is 0 Å². The molecular weight excluding hydrogens is 176 g/mol. The van der Waals surface area contributed by atoms with E-state index >= 15 is 0 Å². The van der Waals surface area contributed by atoms with Gasteiger partial charge in [-0.1, -0.05) is 0 Å². The molecule has 0 saturated heterocycles. The van der Waals surface area contributed by atoms with Crippen molar-refractivity contribution in [2.75, 3.05) is 0 Å². The fraction of sp³-hybridized carbons (Fsp3) is 0.273. The highest BCUT2D eigenvalue weighted by Crippen LogP contribution is 2.32. The van der Waals surface area contributed by atoms with Crippen LogP contribution in [0.3, 0.4) is 0 Å². The van der Waals surface area contributed by atoms with Gasteiger partial charge in [0.25, 0.3) is 0 Å². The summed E-state index contributed by atoms with van der Waals surface area (Å²) in [7, 11) is 0. The summed E-state index contributed by atoms with van der Waals surface area (Å²) in [5.74, 6) is 0.558. The molecule has 3 heteroatoms. The van der Waals surface area contributed by atoms with Crippen molar-refractivity contribution >= 4 is 11.4 Å². The molecule has 14 heavy (non-hydrogen) atoms. The lowest BCUT2D eigenvalue weighted by Crippen LogP contribution is -2.01. The Balaban J connectivity index is 2.07. The van der Waals surface area contributed by atoms with Gasteiger partial charge in [-0.05, 0) is 25.0 Å². The molecule has 3 rings (SSSR count). The highest BCUT2D eigenvalue weighted by molar-refractivity contribution is 5.99. The van der Waals surface area contributed by atoms with E-state index in [1.165, 1.54) is 0 Å². The summed E-state index contributed by atoms with van der Waals surface area (Å²) in [5.41, 5.74) is 1.64. The van der Waals surface area contributed by atoms with Crippen LogP contribution < -0.4 is 0 Å². The molecule has 1 saturated carbocycles. The van der Waals surface area contributed by atoms with Crippen molar-refractivity contribution in [3.05, 3.63) is 36.3 Å². The molecule has 0 bridgehead atoms. The van der Waals surface area contributed by atoms with Crippen molar-refractivity contribution in [2.45, 2.75) is 12.8 Å². The second-order valence-electron chi connectivity index (χ2n) is 3.75. The number of Topliss-reactive ketones (excluding diaryl/α,β-unsaturated/α-hetero) is 1. The van der Waals surface area contributed by atoms with Crippen molar-refractivity contribution in [2.24, 2.45) is 5.92 Å². The molecule has 0 atom stereocenters. The van der Waals surface area contributed by atoms with Crippen LogP contribution in [-0.4, -0.2) is 15.2 Å². The molecule has 2 aromatic rings. The molecule has 1 aliphatic carbocycles. The topological polar surface area (TPSA) is 34.4 Å². The molecule has 3 nitrogen and oxygen atoms in total. The van der Waals surface area contributed by atoms with E-state index in [2.05, 4.69) is 4.98 Å². The lowest BCUT2D eigenvalue weighted by molar-refractivity contribution is 0.0967. The maximum atomic E-state index is 11.7. The average molecular weight is 186 g/mol. The Morgan fingerprint density at radius 3 is 3.07 bits per heavy atom. The Kier molecular flexibility index (Phi) is 1.48. The fourth-order valence-electron chi connectivity index (χ4n) is 1.64. The molecular formula is C11H10N2O. The number of carbonyl (C=O) groups excluding carboxylic acids is 1. The summed E-state index contributed by atoms with van der Waals surface area (Å²) in [6.07, 6.45) is 7.61. The normalized spacial score (nSPS) is 16.0. The summed E-state index contributed by atoms with van der Waals surface area (Å²) >= 11 is 0. The zero-order valence-corrected chi connectivity index (χ0v) is 7.68. The van der Waals surface area contributed by atoms with Gasteiger partial charge in [0.2, 0.25) is 0 Å². The Morgan fingerprint density at radius 2 is 2.29 bits per heavy atom. The molecule has 2 aromatic heterocycles. The first-order valence-electron chi connectivity index (χ1n) is 4.81. The third-order valence-electron chi connectivity index (χ3n) is 2.63. The van der Waals surface area contributed by atoms with E-state index in [0.29, 0.717) is 0 Å². The van der Waals surface area contributed by atoms with Crippen LogP contribution in [-0.2, 0) is 0 Å². The first kappa shape index (κ1) is 7.74. The van der Waals surface area contributed by atoms with E-state index in [9.17, 15) is 4.79 Å². The first-order valence-corrected chi connectivity index (χ1v) is 4.81. The summed E-state index contributed by atoms with van der Waals surface area (Å²) in [6, 6.07) is 3.73. The number of aromatic nitrogens is 2. The predicted molar refractivity (Wildman–Crippen MR) is 52.2 cm³/mol. The smallest absolute Gasteiger partial charge is 0.166 e. The molecule has 0 N–H and O–H groups in total. The largest absolute Gasteiger partial charge is 0.307 e. The zero-order valence-electron chi connectivity index (χ0n) is 7.68. The van der Waals surface area contributed by atoms with Gasteiger partial charge in [0.15, 0.2) is 5.78 Å². The SMILES string of the molecule is O=C(c1ccn2ccnc2c1)C1CC1. The number of nitrogens with zero attached hydrogens (tertiary/aromatic N) is 2. The van der Waals surface area contributed by atoms with E-state index in [0.717, 1.165) is 24.1 Å². The molecule has 0 aromatic carbocycles. The molecule has 2 heterocycles. The highest BCUT2D eigenvalue weighted by atomic mass is 16.1. The van der Waals surface area contributed by atoms with Crippen LogP contribution in [0, 0.1) is 5.92 Å². The molecule has 0 aliphatic heterocycles. The number of carbonyl (C=O) groups is 1. The van der Waals surface area contributed by atoms with Crippen molar-refractivity contribution in [1.29, 1.82) is 0 Å². The number of rotatable bonds is 2. The van der Waals surface area contributed by atoms with E-state index < -0.39 is 0 Å². The Labute approximate surface area is 81.4 Å². The van der Waals surface area contributed by atoms with Crippen LogP contribution in [0.4, 0.5) is 0 Å². The summed E-state index contributed by atoms with van der Waals surface area (Å²) < 4.78 is 1.91. The van der Waals surface area contributed by atoms with Gasteiger partial charge in [0.1, 0.15) is 5.65 Å². The van der Waals surface area contributed by atoms with Gasteiger partial charge in [-0.25, -0.2) is 4.98 Å². The van der Waals surface area contributed by atoms with Crippen molar-refractivity contribution in [1.82, 2.24) is 9.38 Å². The predicted octanol–water partition coefficient (Wildman–Crippen LogP) is 1.93.